The van der Waals surface area contributed by atoms with Crippen molar-refractivity contribution in [2.45, 2.75) is 6.42 Å². The Morgan fingerprint density at radius 1 is 1.26 bits per heavy atom. The largest absolute Gasteiger partial charge is 0.481 e. The normalized spacial score (nSPS) is 10.5. The standard InChI is InChI=1S/C13H8Cl2FNO2/c14-7-1-2-9(15)8(5-7)11-4-3-10(16)12(17-11)6-13(18)19/h1-5H,6H2,(H,18,19). The van der Waals surface area contributed by atoms with E-state index in [0.29, 0.717) is 21.3 Å². The van der Waals surface area contributed by atoms with E-state index in [1.54, 1.807) is 18.2 Å². The molecule has 0 saturated heterocycles. The van der Waals surface area contributed by atoms with Crippen LogP contribution in [0.25, 0.3) is 11.3 Å². The van der Waals surface area contributed by atoms with Crippen molar-refractivity contribution >= 4 is 29.2 Å². The van der Waals surface area contributed by atoms with Gasteiger partial charge in [0.1, 0.15) is 5.82 Å². The smallest absolute Gasteiger partial charge is 0.309 e. The summed E-state index contributed by atoms with van der Waals surface area (Å²) >= 11 is 11.9. The van der Waals surface area contributed by atoms with E-state index in [-0.39, 0.29) is 5.69 Å². The summed E-state index contributed by atoms with van der Waals surface area (Å²) in [5.41, 5.74) is 0.770. The number of hydrogen-bond donors (Lipinski definition) is 1. The number of hydrogen-bond acceptors (Lipinski definition) is 2. The minimum Gasteiger partial charge on any atom is -0.481 e. The molecule has 98 valence electrons. The van der Waals surface area contributed by atoms with Gasteiger partial charge < -0.3 is 5.11 Å². The predicted molar refractivity (Wildman–Crippen MR) is 71.0 cm³/mol. The second-order valence-corrected chi connectivity index (χ2v) is 4.66. The number of carboxylic acids is 1. The number of aliphatic carboxylic acids is 1. The zero-order chi connectivity index (χ0) is 14.0. The number of carbonyl (C=O) groups is 1. The van der Waals surface area contributed by atoms with Crippen molar-refractivity contribution in [2.75, 3.05) is 0 Å². The van der Waals surface area contributed by atoms with E-state index in [1.807, 2.05) is 0 Å². The molecule has 1 aromatic heterocycles. The van der Waals surface area contributed by atoms with Crippen LogP contribution in [0.5, 0.6) is 0 Å². The summed E-state index contributed by atoms with van der Waals surface area (Å²) in [6.07, 6.45) is -0.488. The fraction of sp³-hybridized carbons (Fsp3) is 0.0769. The van der Waals surface area contributed by atoms with Crippen LogP contribution in [0.1, 0.15) is 5.69 Å². The van der Waals surface area contributed by atoms with Gasteiger partial charge >= 0.3 is 5.97 Å². The first-order valence-electron chi connectivity index (χ1n) is 5.30. The molecule has 1 N–H and O–H groups in total. The lowest BCUT2D eigenvalue weighted by atomic mass is 10.1. The van der Waals surface area contributed by atoms with Crippen LogP contribution in [-0.2, 0) is 11.2 Å². The van der Waals surface area contributed by atoms with Gasteiger partial charge in [0.15, 0.2) is 0 Å². The maximum absolute atomic E-state index is 13.4. The number of halogens is 3. The Bertz CT molecular complexity index is 647. The zero-order valence-electron chi connectivity index (χ0n) is 9.53. The van der Waals surface area contributed by atoms with E-state index in [1.165, 1.54) is 6.07 Å². The van der Waals surface area contributed by atoms with Gasteiger partial charge in [-0.1, -0.05) is 23.2 Å². The third-order valence-electron chi connectivity index (χ3n) is 2.44. The Morgan fingerprint density at radius 2 is 2.00 bits per heavy atom. The van der Waals surface area contributed by atoms with Crippen LogP contribution in [0.3, 0.4) is 0 Å². The van der Waals surface area contributed by atoms with Crippen molar-refractivity contribution < 1.29 is 14.3 Å². The van der Waals surface area contributed by atoms with Gasteiger partial charge in [-0.2, -0.15) is 0 Å². The Kier molecular flexibility index (Phi) is 4.02. The molecule has 0 bridgehead atoms. The molecular formula is C13H8Cl2FNO2. The molecule has 1 heterocycles. The number of pyridine rings is 1. The first-order chi connectivity index (χ1) is 8.97. The topological polar surface area (TPSA) is 50.2 Å². The molecule has 0 atom stereocenters. The maximum atomic E-state index is 13.4. The van der Waals surface area contributed by atoms with Gasteiger partial charge in [0.05, 0.1) is 22.8 Å². The lowest BCUT2D eigenvalue weighted by Crippen LogP contribution is -2.05. The highest BCUT2D eigenvalue weighted by Crippen LogP contribution is 2.29. The van der Waals surface area contributed by atoms with Gasteiger partial charge in [-0.3, -0.25) is 4.79 Å². The quantitative estimate of drug-likeness (QED) is 0.937. The average Bonchev–Trinajstić information content (AvgIpc) is 2.34. The van der Waals surface area contributed by atoms with E-state index >= 15 is 0 Å². The molecule has 0 unspecified atom stereocenters. The predicted octanol–water partition coefficient (Wildman–Crippen LogP) is 3.82. The van der Waals surface area contributed by atoms with Crippen molar-refractivity contribution in [2.24, 2.45) is 0 Å². The monoisotopic (exact) mass is 299 g/mol. The summed E-state index contributed by atoms with van der Waals surface area (Å²) < 4.78 is 13.4. The highest BCUT2D eigenvalue weighted by molar-refractivity contribution is 6.35. The highest BCUT2D eigenvalue weighted by atomic mass is 35.5. The van der Waals surface area contributed by atoms with E-state index in [4.69, 9.17) is 28.3 Å². The fourth-order valence-electron chi connectivity index (χ4n) is 1.60. The molecule has 1 aromatic carbocycles. The molecule has 0 saturated carbocycles. The number of benzene rings is 1. The van der Waals surface area contributed by atoms with Gasteiger partial charge in [-0.15, -0.1) is 0 Å². The summed E-state index contributed by atoms with van der Waals surface area (Å²) in [5, 5.41) is 9.57. The summed E-state index contributed by atoms with van der Waals surface area (Å²) in [6, 6.07) is 7.40. The number of carboxylic acid groups (broad SMARTS) is 1. The molecule has 2 aromatic rings. The molecular weight excluding hydrogens is 292 g/mol. The third kappa shape index (κ3) is 3.22. The van der Waals surface area contributed by atoms with Gasteiger partial charge in [0.25, 0.3) is 0 Å². The Labute approximate surface area is 118 Å². The minimum atomic E-state index is -1.15. The minimum absolute atomic E-state index is 0.138. The lowest BCUT2D eigenvalue weighted by molar-refractivity contribution is -0.136. The second kappa shape index (κ2) is 5.55. The molecule has 0 aliphatic carbocycles. The molecule has 2 rings (SSSR count). The van der Waals surface area contributed by atoms with E-state index < -0.39 is 18.2 Å². The molecule has 3 nitrogen and oxygen atoms in total. The number of aromatic nitrogens is 1. The van der Waals surface area contributed by atoms with Crippen LogP contribution in [0.2, 0.25) is 10.0 Å². The first kappa shape index (κ1) is 13.8. The van der Waals surface area contributed by atoms with Crippen LogP contribution >= 0.6 is 23.2 Å². The molecule has 0 radical (unpaired) electrons. The molecule has 0 aliphatic rings. The molecule has 6 heteroatoms. The third-order valence-corrected chi connectivity index (χ3v) is 3.01. The van der Waals surface area contributed by atoms with Crippen LogP contribution in [0.4, 0.5) is 4.39 Å². The molecule has 19 heavy (non-hydrogen) atoms. The van der Waals surface area contributed by atoms with Crippen LogP contribution in [0, 0.1) is 5.82 Å². The molecule has 0 fully saturated rings. The van der Waals surface area contributed by atoms with E-state index in [0.717, 1.165) is 6.07 Å². The van der Waals surface area contributed by atoms with Crippen molar-refractivity contribution in [3.05, 3.63) is 51.9 Å². The van der Waals surface area contributed by atoms with E-state index in [2.05, 4.69) is 4.98 Å². The van der Waals surface area contributed by atoms with Crippen LogP contribution in [0.15, 0.2) is 30.3 Å². The zero-order valence-corrected chi connectivity index (χ0v) is 11.0. The SMILES string of the molecule is O=C(O)Cc1nc(-c2cc(Cl)ccc2Cl)ccc1F. The van der Waals surface area contributed by atoms with Gasteiger partial charge in [0, 0.05) is 10.6 Å². The fourth-order valence-corrected chi connectivity index (χ4v) is 1.98. The Morgan fingerprint density at radius 3 is 2.68 bits per heavy atom. The highest BCUT2D eigenvalue weighted by Gasteiger charge is 2.12. The van der Waals surface area contributed by atoms with Crippen LogP contribution < -0.4 is 0 Å². The number of nitrogens with zero attached hydrogens (tertiary/aromatic N) is 1. The summed E-state index contributed by atoms with van der Waals surface area (Å²) in [5.74, 6) is -1.81. The molecule has 0 aliphatic heterocycles. The molecule has 0 spiro atoms. The van der Waals surface area contributed by atoms with E-state index in [9.17, 15) is 9.18 Å². The summed E-state index contributed by atoms with van der Waals surface area (Å²) in [7, 11) is 0. The van der Waals surface area contributed by atoms with Gasteiger partial charge in [-0.25, -0.2) is 9.37 Å². The van der Waals surface area contributed by atoms with Crippen molar-refractivity contribution in [3.8, 4) is 11.3 Å². The van der Waals surface area contributed by atoms with Crippen molar-refractivity contribution in [1.29, 1.82) is 0 Å². The first-order valence-corrected chi connectivity index (χ1v) is 6.05. The summed E-state index contributed by atoms with van der Waals surface area (Å²) in [4.78, 5) is 14.6. The van der Waals surface area contributed by atoms with Crippen molar-refractivity contribution in [1.82, 2.24) is 4.98 Å². The Hall–Kier alpha value is -1.65. The van der Waals surface area contributed by atoms with Crippen molar-refractivity contribution in [3.63, 3.8) is 0 Å². The lowest BCUT2D eigenvalue weighted by Gasteiger charge is -2.07. The van der Waals surface area contributed by atoms with Crippen LogP contribution in [-0.4, -0.2) is 16.1 Å². The summed E-state index contributed by atoms with van der Waals surface area (Å²) in [6.45, 7) is 0. The second-order valence-electron chi connectivity index (χ2n) is 3.82. The Balaban J connectivity index is 2.51. The average molecular weight is 300 g/mol. The van der Waals surface area contributed by atoms with Gasteiger partial charge in [0.2, 0.25) is 0 Å². The van der Waals surface area contributed by atoms with Gasteiger partial charge in [-0.05, 0) is 30.3 Å². The molecule has 0 amide bonds. The maximum Gasteiger partial charge on any atom is 0.309 e. The number of rotatable bonds is 3.